The van der Waals surface area contributed by atoms with Gasteiger partial charge in [0, 0.05) is 18.8 Å². The van der Waals surface area contributed by atoms with Crippen molar-refractivity contribution in [1.29, 1.82) is 0 Å². The van der Waals surface area contributed by atoms with Crippen molar-refractivity contribution in [3.05, 3.63) is 42.5 Å². The molecule has 2 aromatic carbocycles. The first-order valence-corrected chi connectivity index (χ1v) is 9.18. The number of benzene rings is 2. The summed E-state index contributed by atoms with van der Waals surface area (Å²) in [5, 5.41) is 6.49. The van der Waals surface area contributed by atoms with Gasteiger partial charge in [-0.05, 0) is 50.2 Å². The van der Waals surface area contributed by atoms with Gasteiger partial charge in [-0.1, -0.05) is 0 Å². The van der Waals surface area contributed by atoms with Crippen LogP contribution in [0.1, 0.15) is 13.8 Å². The van der Waals surface area contributed by atoms with Crippen LogP contribution >= 0.6 is 24.0 Å². The molecular formula is C21H30IN3O4. The van der Waals surface area contributed by atoms with Crippen LogP contribution in [-0.2, 0) is 0 Å². The van der Waals surface area contributed by atoms with Gasteiger partial charge in [-0.25, -0.2) is 0 Å². The topological polar surface area (TPSA) is 73.3 Å². The molecule has 160 valence electrons. The lowest BCUT2D eigenvalue weighted by Crippen LogP contribution is -2.37. The van der Waals surface area contributed by atoms with Crippen molar-refractivity contribution in [1.82, 2.24) is 5.32 Å². The summed E-state index contributed by atoms with van der Waals surface area (Å²) >= 11 is 0. The Morgan fingerprint density at radius 3 is 2.28 bits per heavy atom. The summed E-state index contributed by atoms with van der Waals surface area (Å²) in [5.74, 6) is 3.60. The third-order valence-corrected chi connectivity index (χ3v) is 3.90. The Hall–Kier alpha value is -2.36. The van der Waals surface area contributed by atoms with Gasteiger partial charge in [-0.3, -0.25) is 4.99 Å². The van der Waals surface area contributed by atoms with E-state index in [9.17, 15) is 0 Å². The maximum atomic E-state index is 5.90. The van der Waals surface area contributed by atoms with E-state index in [1.807, 2.05) is 56.3 Å². The van der Waals surface area contributed by atoms with Crippen LogP contribution in [0.4, 0.5) is 5.69 Å². The number of methoxy groups -OCH3 is 2. The summed E-state index contributed by atoms with van der Waals surface area (Å²) < 4.78 is 22.0. The van der Waals surface area contributed by atoms with Crippen molar-refractivity contribution in [3.63, 3.8) is 0 Å². The molecule has 7 nitrogen and oxygen atoms in total. The van der Waals surface area contributed by atoms with Gasteiger partial charge in [-0.2, -0.15) is 0 Å². The summed E-state index contributed by atoms with van der Waals surface area (Å²) in [7, 11) is 4.98. The van der Waals surface area contributed by atoms with E-state index in [2.05, 4.69) is 15.6 Å². The quantitative estimate of drug-likeness (QED) is 0.297. The Morgan fingerprint density at radius 2 is 1.69 bits per heavy atom. The van der Waals surface area contributed by atoms with Gasteiger partial charge >= 0.3 is 0 Å². The van der Waals surface area contributed by atoms with Crippen molar-refractivity contribution in [2.24, 2.45) is 4.99 Å². The predicted molar refractivity (Wildman–Crippen MR) is 128 cm³/mol. The van der Waals surface area contributed by atoms with Crippen molar-refractivity contribution < 1.29 is 18.9 Å². The second-order valence-electron chi connectivity index (χ2n) is 5.98. The van der Waals surface area contributed by atoms with Crippen LogP contribution in [0.15, 0.2) is 47.5 Å². The summed E-state index contributed by atoms with van der Waals surface area (Å²) in [6.07, 6.45) is -0.0539. The van der Waals surface area contributed by atoms with Crippen LogP contribution in [0.25, 0.3) is 0 Å². The van der Waals surface area contributed by atoms with Gasteiger partial charge in [0.15, 0.2) is 17.5 Å². The fourth-order valence-electron chi connectivity index (χ4n) is 2.50. The van der Waals surface area contributed by atoms with Crippen LogP contribution in [-0.4, -0.2) is 46.5 Å². The Bertz CT molecular complexity index is 769. The highest BCUT2D eigenvalue weighted by Crippen LogP contribution is 2.30. The molecular weight excluding hydrogens is 485 g/mol. The summed E-state index contributed by atoms with van der Waals surface area (Å²) in [4.78, 5) is 4.25. The molecule has 0 aromatic heterocycles. The second-order valence-corrected chi connectivity index (χ2v) is 5.98. The fourth-order valence-corrected chi connectivity index (χ4v) is 2.50. The zero-order chi connectivity index (χ0) is 20.4. The van der Waals surface area contributed by atoms with E-state index >= 15 is 0 Å². The molecule has 2 rings (SSSR count). The minimum atomic E-state index is -0.0539. The molecule has 8 heteroatoms. The summed E-state index contributed by atoms with van der Waals surface area (Å²) in [5.41, 5.74) is 0.845. The number of halogens is 1. The monoisotopic (exact) mass is 515 g/mol. The van der Waals surface area contributed by atoms with Crippen molar-refractivity contribution in [3.8, 4) is 23.0 Å². The zero-order valence-corrected chi connectivity index (χ0v) is 19.9. The highest BCUT2D eigenvalue weighted by atomic mass is 127. The maximum absolute atomic E-state index is 5.90. The van der Waals surface area contributed by atoms with Crippen LogP contribution in [0.2, 0.25) is 0 Å². The molecule has 0 amide bonds. The molecule has 2 N–H and O–H groups in total. The van der Waals surface area contributed by atoms with E-state index in [1.165, 1.54) is 0 Å². The first-order chi connectivity index (χ1) is 13.6. The molecule has 0 aliphatic rings. The third kappa shape index (κ3) is 7.88. The minimum absolute atomic E-state index is 0. The first kappa shape index (κ1) is 24.7. The van der Waals surface area contributed by atoms with E-state index in [4.69, 9.17) is 18.9 Å². The number of anilines is 1. The molecule has 29 heavy (non-hydrogen) atoms. The highest BCUT2D eigenvalue weighted by Gasteiger charge is 2.09. The number of guanidine groups is 1. The molecule has 0 saturated carbocycles. The van der Waals surface area contributed by atoms with Crippen molar-refractivity contribution in [2.75, 3.05) is 39.7 Å². The van der Waals surface area contributed by atoms with Gasteiger partial charge in [0.2, 0.25) is 0 Å². The Balaban J connectivity index is 0.00000420. The molecule has 0 radical (unpaired) electrons. The van der Waals surface area contributed by atoms with Crippen LogP contribution in [0.5, 0.6) is 23.0 Å². The molecule has 0 aliphatic heterocycles. The molecule has 0 saturated heterocycles. The highest BCUT2D eigenvalue weighted by molar-refractivity contribution is 14.0. The number of hydrogen-bond donors (Lipinski definition) is 2. The van der Waals surface area contributed by atoms with E-state index in [0.717, 1.165) is 17.2 Å². The molecule has 0 fully saturated rings. The molecule has 1 unspecified atom stereocenters. The Morgan fingerprint density at radius 1 is 1.00 bits per heavy atom. The number of ether oxygens (including phenoxy) is 4. The van der Waals surface area contributed by atoms with E-state index in [1.54, 1.807) is 21.3 Å². The van der Waals surface area contributed by atoms with Crippen molar-refractivity contribution in [2.45, 2.75) is 20.0 Å². The van der Waals surface area contributed by atoms with Gasteiger partial charge in [0.05, 0.1) is 27.4 Å². The van der Waals surface area contributed by atoms with E-state index in [0.29, 0.717) is 30.6 Å². The number of hydrogen-bond acceptors (Lipinski definition) is 5. The minimum Gasteiger partial charge on any atom is -0.497 e. The summed E-state index contributed by atoms with van der Waals surface area (Å²) in [6.45, 7) is 5.09. The van der Waals surface area contributed by atoms with Crippen LogP contribution < -0.4 is 29.6 Å². The zero-order valence-electron chi connectivity index (χ0n) is 17.5. The third-order valence-electron chi connectivity index (χ3n) is 3.90. The van der Waals surface area contributed by atoms with Gasteiger partial charge in [0.25, 0.3) is 0 Å². The Labute approximate surface area is 189 Å². The number of nitrogens with zero attached hydrogens (tertiary/aromatic N) is 1. The van der Waals surface area contributed by atoms with E-state index < -0.39 is 0 Å². The lowest BCUT2D eigenvalue weighted by Gasteiger charge is -2.18. The lowest BCUT2D eigenvalue weighted by atomic mass is 10.2. The van der Waals surface area contributed by atoms with Gasteiger partial charge in [-0.15, -0.1) is 24.0 Å². The largest absolute Gasteiger partial charge is 0.497 e. The summed E-state index contributed by atoms with van der Waals surface area (Å²) in [6, 6.07) is 13.2. The first-order valence-electron chi connectivity index (χ1n) is 9.18. The SMILES string of the molecule is CCOc1ccc(NC(=NC)NCC(C)Oc2ccc(OC)cc2)cc1OC.I. The Kier molecular flexibility index (Phi) is 11.0. The number of nitrogens with one attached hydrogen (secondary N) is 2. The molecule has 0 bridgehead atoms. The molecule has 0 aliphatic carbocycles. The normalized spacial score (nSPS) is 11.7. The van der Waals surface area contributed by atoms with Gasteiger partial charge in [0.1, 0.15) is 17.6 Å². The van der Waals surface area contributed by atoms with Crippen LogP contribution in [0.3, 0.4) is 0 Å². The molecule has 1 atom stereocenters. The fraction of sp³-hybridized carbons (Fsp3) is 0.381. The average Bonchev–Trinajstić information content (AvgIpc) is 2.72. The van der Waals surface area contributed by atoms with Crippen LogP contribution in [0, 0.1) is 0 Å². The number of rotatable bonds is 9. The van der Waals surface area contributed by atoms with E-state index in [-0.39, 0.29) is 30.1 Å². The predicted octanol–water partition coefficient (Wildman–Crippen LogP) is 4.18. The van der Waals surface area contributed by atoms with Gasteiger partial charge < -0.3 is 29.6 Å². The lowest BCUT2D eigenvalue weighted by molar-refractivity contribution is 0.224. The average molecular weight is 515 g/mol. The second kappa shape index (κ2) is 13.0. The standard InChI is InChI=1S/C21H29N3O4.HI/c1-6-27-19-12-7-16(13-20(19)26-5)24-21(22-3)23-14-15(2)28-18-10-8-17(25-4)9-11-18;/h7-13,15H,6,14H2,1-5H3,(H2,22,23,24);1H. The molecule has 0 heterocycles. The molecule has 2 aromatic rings. The van der Waals surface area contributed by atoms with Crippen molar-refractivity contribution >= 4 is 35.6 Å². The smallest absolute Gasteiger partial charge is 0.195 e. The maximum Gasteiger partial charge on any atom is 0.195 e. The number of aliphatic imine (C=N–C) groups is 1. The molecule has 0 spiro atoms.